The highest BCUT2D eigenvalue weighted by Crippen LogP contribution is 2.30. The van der Waals surface area contributed by atoms with Gasteiger partial charge in [-0.2, -0.15) is 0 Å². The fourth-order valence-corrected chi connectivity index (χ4v) is 1.37. The number of carbonyl (C=O) groups is 1. The molecule has 0 radical (unpaired) electrons. The molecule has 1 rings (SSSR count). The molecule has 0 saturated heterocycles. The van der Waals surface area contributed by atoms with Crippen LogP contribution in [-0.2, 0) is 16.0 Å². The minimum absolute atomic E-state index is 0.274. The van der Waals surface area contributed by atoms with E-state index in [0.29, 0.717) is 0 Å². The molecule has 0 aliphatic heterocycles. The highest BCUT2D eigenvalue weighted by Gasteiger charge is 2.31. The first kappa shape index (κ1) is 15.2. The normalized spacial score (nSPS) is 11.5. The van der Waals surface area contributed by atoms with E-state index in [2.05, 4.69) is 9.47 Å². The molecule has 0 fully saturated rings. The number of halogens is 5. The second-order valence-electron chi connectivity index (χ2n) is 3.46. The first-order valence-electron chi connectivity index (χ1n) is 4.96. The third kappa shape index (κ3) is 4.72. The molecule has 0 bridgehead atoms. The van der Waals surface area contributed by atoms with Gasteiger partial charge in [0.05, 0.1) is 13.5 Å². The third-order valence-electron chi connectivity index (χ3n) is 2.15. The minimum Gasteiger partial charge on any atom is -0.469 e. The fourth-order valence-electron chi connectivity index (χ4n) is 1.37. The number of ether oxygens (including phenoxy) is 2. The summed E-state index contributed by atoms with van der Waals surface area (Å²) >= 11 is 0. The van der Waals surface area contributed by atoms with Crippen LogP contribution < -0.4 is 4.74 Å². The highest BCUT2D eigenvalue weighted by atomic mass is 19.4. The van der Waals surface area contributed by atoms with Crippen molar-refractivity contribution in [3.05, 3.63) is 29.3 Å². The Kier molecular flexibility index (Phi) is 4.68. The maximum Gasteiger partial charge on any atom is 0.573 e. The Morgan fingerprint density at radius 2 is 1.95 bits per heavy atom. The van der Waals surface area contributed by atoms with Crippen LogP contribution in [0.2, 0.25) is 0 Å². The molecule has 0 aromatic heterocycles. The number of methoxy groups -OCH3 is 1. The molecular formula is C11H9F5O3. The molecule has 106 valence electrons. The lowest BCUT2D eigenvalue weighted by atomic mass is 10.0. The molecule has 0 heterocycles. The van der Waals surface area contributed by atoms with Crippen LogP contribution in [0.1, 0.15) is 17.6 Å². The van der Waals surface area contributed by atoms with Gasteiger partial charge >= 0.3 is 12.3 Å². The molecule has 0 aliphatic rings. The van der Waals surface area contributed by atoms with Gasteiger partial charge in [0.1, 0.15) is 5.75 Å². The Bertz CT molecular complexity index is 456. The van der Waals surface area contributed by atoms with E-state index in [4.69, 9.17) is 0 Å². The standard InChI is InChI=1S/C11H9F5O3/c1-18-9(17)5-6-4-7(19-11(14,15)16)2-3-8(6)10(12)13/h2-4,10H,5H2,1H3. The first-order chi connectivity index (χ1) is 8.73. The zero-order valence-corrected chi connectivity index (χ0v) is 9.63. The summed E-state index contributed by atoms with van der Waals surface area (Å²) in [5.41, 5.74) is -0.816. The molecular weight excluding hydrogens is 275 g/mol. The van der Waals surface area contributed by atoms with Crippen molar-refractivity contribution < 1.29 is 36.2 Å². The van der Waals surface area contributed by atoms with Crippen molar-refractivity contribution in [3.63, 3.8) is 0 Å². The Morgan fingerprint density at radius 1 is 1.32 bits per heavy atom. The SMILES string of the molecule is COC(=O)Cc1cc(OC(F)(F)F)ccc1C(F)F. The van der Waals surface area contributed by atoms with Crippen LogP contribution in [-0.4, -0.2) is 19.4 Å². The molecule has 0 atom stereocenters. The number of carbonyl (C=O) groups excluding carboxylic acids is 1. The van der Waals surface area contributed by atoms with Gasteiger partial charge in [-0.25, -0.2) is 8.78 Å². The second kappa shape index (κ2) is 5.85. The Morgan fingerprint density at radius 3 is 2.42 bits per heavy atom. The van der Waals surface area contributed by atoms with Crippen LogP contribution in [0.4, 0.5) is 22.0 Å². The molecule has 0 aliphatic carbocycles. The number of alkyl halides is 5. The second-order valence-corrected chi connectivity index (χ2v) is 3.46. The zero-order chi connectivity index (χ0) is 14.6. The van der Waals surface area contributed by atoms with E-state index in [-0.39, 0.29) is 5.56 Å². The van der Waals surface area contributed by atoms with E-state index >= 15 is 0 Å². The summed E-state index contributed by atoms with van der Waals surface area (Å²) in [4.78, 5) is 11.0. The summed E-state index contributed by atoms with van der Waals surface area (Å²) < 4.78 is 69.1. The average Bonchev–Trinajstić information content (AvgIpc) is 2.26. The van der Waals surface area contributed by atoms with Gasteiger partial charge in [0.25, 0.3) is 6.43 Å². The molecule has 0 amide bonds. The maximum atomic E-state index is 12.6. The van der Waals surface area contributed by atoms with E-state index < -0.39 is 36.5 Å². The van der Waals surface area contributed by atoms with E-state index in [1.54, 1.807) is 0 Å². The van der Waals surface area contributed by atoms with E-state index in [9.17, 15) is 26.7 Å². The van der Waals surface area contributed by atoms with E-state index in [0.717, 1.165) is 25.3 Å². The number of hydrogen-bond donors (Lipinski definition) is 0. The zero-order valence-electron chi connectivity index (χ0n) is 9.63. The average molecular weight is 284 g/mol. The molecule has 8 heteroatoms. The van der Waals surface area contributed by atoms with Crippen molar-refractivity contribution in [2.24, 2.45) is 0 Å². The van der Waals surface area contributed by atoms with Crippen molar-refractivity contribution >= 4 is 5.97 Å². The molecule has 0 unspecified atom stereocenters. The quantitative estimate of drug-likeness (QED) is 0.629. The Balaban J connectivity index is 3.07. The van der Waals surface area contributed by atoms with Crippen molar-refractivity contribution in [3.8, 4) is 5.75 Å². The lowest BCUT2D eigenvalue weighted by Gasteiger charge is -2.12. The van der Waals surface area contributed by atoms with E-state index in [1.807, 2.05) is 0 Å². The van der Waals surface area contributed by atoms with Crippen LogP contribution in [0.3, 0.4) is 0 Å². The summed E-state index contributed by atoms with van der Waals surface area (Å²) in [7, 11) is 1.04. The highest BCUT2D eigenvalue weighted by molar-refractivity contribution is 5.73. The van der Waals surface area contributed by atoms with Gasteiger partial charge < -0.3 is 9.47 Å². The number of esters is 1. The number of rotatable bonds is 4. The summed E-state index contributed by atoms with van der Waals surface area (Å²) in [5, 5.41) is 0. The smallest absolute Gasteiger partial charge is 0.469 e. The number of benzene rings is 1. The van der Waals surface area contributed by atoms with Gasteiger partial charge in [0.15, 0.2) is 0 Å². The maximum absolute atomic E-state index is 12.6. The molecule has 19 heavy (non-hydrogen) atoms. The van der Waals surface area contributed by atoms with Crippen LogP contribution in [0.5, 0.6) is 5.75 Å². The van der Waals surface area contributed by atoms with Crippen molar-refractivity contribution in [2.75, 3.05) is 7.11 Å². The van der Waals surface area contributed by atoms with Gasteiger partial charge in [-0.1, -0.05) is 0 Å². The Labute approximate surface area is 104 Å². The van der Waals surface area contributed by atoms with Crippen molar-refractivity contribution in [1.29, 1.82) is 0 Å². The largest absolute Gasteiger partial charge is 0.573 e. The summed E-state index contributed by atoms with van der Waals surface area (Å²) in [6.07, 6.45) is -8.42. The monoisotopic (exact) mass is 284 g/mol. The van der Waals surface area contributed by atoms with Crippen LogP contribution in [0.15, 0.2) is 18.2 Å². The molecule has 0 N–H and O–H groups in total. The Hall–Kier alpha value is -1.86. The van der Waals surface area contributed by atoms with Crippen LogP contribution in [0.25, 0.3) is 0 Å². The lowest BCUT2D eigenvalue weighted by Crippen LogP contribution is -2.17. The predicted octanol–water partition coefficient (Wildman–Crippen LogP) is 3.24. The predicted molar refractivity (Wildman–Crippen MR) is 53.8 cm³/mol. The molecule has 0 spiro atoms. The topological polar surface area (TPSA) is 35.5 Å². The molecule has 1 aromatic rings. The van der Waals surface area contributed by atoms with Gasteiger partial charge in [0.2, 0.25) is 0 Å². The minimum atomic E-state index is -4.94. The van der Waals surface area contributed by atoms with Gasteiger partial charge in [0, 0.05) is 5.56 Å². The lowest BCUT2D eigenvalue weighted by molar-refractivity contribution is -0.274. The molecule has 1 aromatic carbocycles. The van der Waals surface area contributed by atoms with Crippen LogP contribution in [0, 0.1) is 0 Å². The summed E-state index contributed by atoms with van der Waals surface area (Å²) in [5.74, 6) is -1.51. The molecule has 3 nitrogen and oxygen atoms in total. The van der Waals surface area contributed by atoms with Gasteiger partial charge in [-0.3, -0.25) is 4.79 Å². The summed E-state index contributed by atoms with van der Waals surface area (Å²) in [6.45, 7) is 0. The van der Waals surface area contributed by atoms with Crippen molar-refractivity contribution in [2.45, 2.75) is 19.2 Å². The number of hydrogen-bond acceptors (Lipinski definition) is 3. The fraction of sp³-hybridized carbons (Fsp3) is 0.364. The first-order valence-corrected chi connectivity index (χ1v) is 4.96. The molecule has 0 saturated carbocycles. The van der Waals surface area contributed by atoms with Crippen molar-refractivity contribution in [1.82, 2.24) is 0 Å². The van der Waals surface area contributed by atoms with Gasteiger partial charge in [-0.05, 0) is 23.8 Å². The van der Waals surface area contributed by atoms with E-state index in [1.165, 1.54) is 0 Å². The summed E-state index contributed by atoms with van der Waals surface area (Å²) in [6, 6.07) is 2.28. The van der Waals surface area contributed by atoms with Crippen LogP contribution >= 0.6 is 0 Å². The van der Waals surface area contributed by atoms with Gasteiger partial charge in [-0.15, -0.1) is 13.2 Å². The third-order valence-corrected chi connectivity index (χ3v) is 2.15.